The first-order valence-electron chi connectivity index (χ1n) is 21.8. The molecule has 0 saturated carbocycles. The molecule has 350 valence electrons. The topological polar surface area (TPSA) is 182 Å². The largest absolute Gasteiger partial charge is 0.447 e. The highest BCUT2D eigenvalue weighted by atomic mass is 16.6. The summed E-state index contributed by atoms with van der Waals surface area (Å²) in [7, 11) is 3.52. The van der Waals surface area contributed by atoms with E-state index in [1.165, 1.54) is 6.92 Å². The Morgan fingerprint density at radius 2 is 0.925 bits per heavy atom. The predicted octanol–water partition coefficient (Wildman–Crippen LogP) is 9.06. The molecule has 16 heteroatoms. The molecule has 5 heterocycles. The summed E-state index contributed by atoms with van der Waals surface area (Å²) in [4.78, 5) is 70.9. The highest BCUT2D eigenvalue weighted by molar-refractivity contribution is 5.92. The van der Waals surface area contributed by atoms with Crippen LogP contribution in [0.5, 0.6) is 0 Å². The van der Waals surface area contributed by atoms with Gasteiger partial charge in [-0.1, -0.05) is 152 Å². The number of hydrogen-bond donors (Lipinski definition) is 2. The molecule has 0 bridgehead atoms. The zero-order valence-electron chi connectivity index (χ0n) is 37.9. The van der Waals surface area contributed by atoms with Crippen molar-refractivity contribution < 1.29 is 52.5 Å². The molecule has 0 radical (unpaired) electrons. The third kappa shape index (κ3) is 12.9. The summed E-state index contributed by atoms with van der Waals surface area (Å²) in [6.45, 7) is 6.41. The van der Waals surface area contributed by atoms with Gasteiger partial charge in [0.05, 0.1) is 24.2 Å². The Morgan fingerprint density at radius 3 is 1.33 bits per heavy atom. The van der Waals surface area contributed by atoms with Gasteiger partial charge in [0.1, 0.15) is 38.1 Å². The molecule has 5 aliphatic rings. The zero-order valence-corrected chi connectivity index (χ0v) is 37.9. The van der Waals surface area contributed by atoms with Crippen molar-refractivity contribution in [3.8, 4) is 0 Å². The average Bonchev–Trinajstić information content (AvgIpc) is 4.19. The van der Waals surface area contributed by atoms with Gasteiger partial charge < -0.3 is 44.1 Å². The van der Waals surface area contributed by atoms with Crippen molar-refractivity contribution in [2.45, 2.75) is 63.2 Å². The molecule has 10 rings (SSSR count). The van der Waals surface area contributed by atoms with Crippen LogP contribution >= 0.6 is 0 Å². The minimum Gasteiger partial charge on any atom is -0.447 e. The smallest absolute Gasteiger partial charge is 0.417 e. The van der Waals surface area contributed by atoms with Crippen LogP contribution in [0.25, 0.3) is 0 Å². The molecule has 0 aliphatic carbocycles. The lowest BCUT2D eigenvalue weighted by molar-refractivity contribution is -0.126. The van der Waals surface area contributed by atoms with E-state index in [4.69, 9.17) is 23.7 Å². The van der Waals surface area contributed by atoms with E-state index in [0.717, 1.165) is 32.7 Å². The van der Waals surface area contributed by atoms with Crippen molar-refractivity contribution in [1.29, 1.82) is 0 Å². The van der Waals surface area contributed by atoms with E-state index in [1.54, 1.807) is 23.9 Å². The lowest BCUT2D eigenvalue weighted by atomic mass is 10.0. The number of nitrogens with zero attached hydrogens (tertiary/aromatic N) is 3. The van der Waals surface area contributed by atoms with Crippen LogP contribution in [0.4, 0.5) is 24.0 Å². The number of carbonyl (C=O) groups excluding carboxylic acids is 6. The number of carbonyl (C=O) groups is 6. The average molecular weight is 914 g/mol. The number of benzene rings is 5. The molecular weight excluding hydrogens is 859 g/mol. The van der Waals surface area contributed by atoms with Crippen molar-refractivity contribution in [1.82, 2.24) is 25.3 Å². The Kier molecular flexibility index (Phi) is 16.9. The van der Waals surface area contributed by atoms with Crippen LogP contribution in [0.2, 0.25) is 0 Å². The van der Waals surface area contributed by atoms with Crippen LogP contribution < -0.4 is 10.6 Å². The zero-order chi connectivity index (χ0) is 47.9. The molecular formula is C51H55N5O11. The Bertz CT molecular complexity index is 2380. The summed E-state index contributed by atoms with van der Waals surface area (Å²) in [5, 5.41) is 5.41. The number of cyclic esters (lactones) is 5. The molecule has 5 saturated heterocycles. The summed E-state index contributed by atoms with van der Waals surface area (Å²) in [6.07, 6.45) is -1.98. The van der Waals surface area contributed by atoms with Gasteiger partial charge in [0.2, 0.25) is 5.91 Å². The van der Waals surface area contributed by atoms with Crippen molar-refractivity contribution >= 4 is 36.4 Å². The highest BCUT2D eigenvalue weighted by Crippen LogP contribution is 2.31. The molecule has 0 aromatic heterocycles. The molecule has 67 heavy (non-hydrogen) atoms. The minimum absolute atomic E-state index is 0.0266. The van der Waals surface area contributed by atoms with Gasteiger partial charge in [-0.25, -0.2) is 28.9 Å². The van der Waals surface area contributed by atoms with Gasteiger partial charge in [-0.05, 0) is 41.7 Å². The number of ether oxygens (including phenoxy) is 5. The van der Waals surface area contributed by atoms with E-state index in [9.17, 15) is 28.8 Å². The first kappa shape index (κ1) is 48.6. The number of rotatable bonds is 5. The van der Waals surface area contributed by atoms with Gasteiger partial charge in [-0.15, -0.1) is 0 Å². The minimum atomic E-state index is -0.559. The van der Waals surface area contributed by atoms with Gasteiger partial charge in [0.15, 0.2) is 0 Å². The van der Waals surface area contributed by atoms with Gasteiger partial charge >= 0.3 is 30.5 Å². The monoisotopic (exact) mass is 913 g/mol. The van der Waals surface area contributed by atoms with E-state index < -0.39 is 6.09 Å². The third-order valence-corrected chi connectivity index (χ3v) is 11.4. The number of amides is 6. The van der Waals surface area contributed by atoms with E-state index in [2.05, 4.69) is 10.6 Å². The van der Waals surface area contributed by atoms with Crippen LogP contribution in [0.1, 0.15) is 78.9 Å². The number of alkyl carbamates (subject to hydrolysis) is 2. The summed E-state index contributed by atoms with van der Waals surface area (Å²) in [5.41, 5.74) is 5.21. The van der Waals surface area contributed by atoms with Crippen LogP contribution in [0.3, 0.4) is 0 Å². The summed E-state index contributed by atoms with van der Waals surface area (Å²) in [5.74, 6) is -0.286. The van der Waals surface area contributed by atoms with Crippen molar-refractivity contribution in [3.05, 3.63) is 179 Å². The van der Waals surface area contributed by atoms with Crippen LogP contribution in [-0.4, -0.2) is 97.1 Å². The molecule has 16 nitrogen and oxygen atoms in total. The number of hydrogen-bond acceptors (Lipinski definition) is 11. The fraction of sp³-hybridized carbons (Fsp3) is 0.294. The third-order valence-electron chi connectivity index (χ3n) is 11.4. The Labute approximate surface area is 389 Å². The van der Waals surface area contributed by atoms with E-state index in [-0.39, 0.29) is 79.3 Å². The molecule has 0 spiro atoms. The number of imide groups is 1. The normalized spacial score (nSPS) is 23.3. The van der Waals surface area contributed by atoms with Gasteiger partial charge in [-0.2, -0.15) is 0 Å². The Balaban J connectivity index is 0.000000138. The standard InChI is InChI=1S/C11H11NO3.C11H13NO2.2C10H11NO2.C9H9NO2/c1-8(13)12-10(7-15-11(12)14)9-5-3-2-4-6-9;1-8-10(14-11(13)12(8)2)9-6-4-3-5-7-9;1-11-9(7-13-10(11)12)8-5-3-2-4-6-8;1-7-9(13-10(12)11-7)8-5-3-2-4-6-8;11-9-10-8(6-12-9)7-4-2-1-3-5-7/h2-6,10H,7H2,1H3;3-8,10H,1-2H3;2-6,9H,7H2,1H3;2-7,9H,1H3,(H,11,12);1-5,8H,6H2,(H,10,11). The number of nitrogens with one attached hydrogen (secondary N) is 2. The SMILES string of the molecule is CC(=O)N1C(=O)OCC1c1ccccc1.CC1C(c2ccccc2)OC(=O)N1C.CC1NC(=O)OC1c1ccccc1.CN1C(=O)OCC1c1ccccc1.O=C1NC(c2ccccc2)CO1. The Morgan fingerprint density at radius 1 is 0.478 bits per heavy atom. The van der Waals surface area contributed by atoms with Crippen LogP contribution in [0.15, 0.2) is 152 Å². The summed E-state index contributed by atoms with van der Waals surface area (Å²) >= 11 is 0. The van der Waals surface area contributed by atoms with E-state index in [1.807, 2.05) is 166 Å². The fourth-order valence-electron chi connectivity index (χ4n) is 7.59. The molecule has 5 fully saturated rings. The van der Waals surface area contributed by atoms with E-state index in [0.29, 0.717) is 13.2 Å². The van der Waals surface area contributed by atoms with E-state index >= 15 is 0 Å². The molecule has 5 aromatic rings. The van der Waals surface area contributed by atoms with Gasteiger partial charge in [0.25, 0.3) is 0 Å². The highest BCUT2D eigenvalue weighted by Gasteiger charge is 2.38. The maximum absolute atomic E-state index is 11.3. The van der Waals surface area contributed by atoms with Gasteiger partial charge in [0, 0.05) is 21.0 Å². The second-order valence-electron chi connectivity index (χ2n) is 15.9. The molecule has 2 N–H and O–H groups in total. The van der Waals surface area contributed by atoms with Crippen LogP contribution in [-0.2, 0) is 28.5 Å². The molecule has 5 aliphatic heterocycles. The summed E-state index contributed by atoms with van der Waals surface area (Å²) < 4.78 is 24.9. The predicted molar refractivity (Wildman–Crippen MR) is 246 cm³/mol. The Hall–Kier alpha value is -7.88. The van der Waals surface area contributed by atoms with Gasteiger partial charge in [-0.3, -0.25) is 4.79 Å². The van der Waals surface area contributed by atoms with Crippen molar-refractivity contribution in [2.24, 2.45) is 0 Å². The fourth-order valence-corrected chi connectivity index (χ4v) is 7.59. The molecule has 6 amide bonds. The second-order valence-corrected chi connectivity index (χ2v) is 15.9. The maximum Gasteiger partial charge on any atom is 0.417 e. The lowest BCUT2D eigenvalue weighted by Gasteiger charge is -2.17. The first-order valence-corrected chi connectivity index (χ1v) is 21.8. The van der Waals surface area contributed by atoms with Crippen molar-refractivity contribution in [3.63, 3.8) is 0 Å². The summed E-state index contributed by atoms with van der Waals surface area (Å²) in [6, 6.07) is 48.6. The lowest BCUT2D eigenvalue weighted by Crippen LogP contribution is -2.31. The molecule has 7 atom stereocenters. The molecule has 5 aromatic carbocycles. The first-order chi connectivity index (χ1) is 32.3. The van der Waals surface area contributed by atoms with Crippen LogP contribution in [0, 0.1) is 0 Å². The van der Waals surface area contributed by atoms with Crippen molar-refractivity contribution in [2.75, 3.05) is 33.9 Å². The molecule has 7 unspecified atom stereocenters. The quantitative estimate of drug-likeness (QED) is 0.161. The number of likely N-dealkylation sites (N-methyl/N-ethyl adjacent to an activating group) is 2. The second kappa shape index (κ2) is 23.3. The maximum atomic E-state index is 11.3.